The van der Waals surface area contributed by atoms with E-state index in [0.29, 0.717) is 11.3 Å². The first-order valence-corrected chi connectivity index (χ1v) is 7.12. The van der Waals surface area contributed by atoms with Gasteiger partial charge in [0.05, 0.1) is 0 Å². The Kier molecular flexibility index (Phi) is 4.53. The van der Waals surface area contributed by atoms with Gasteiger partial charge in [-0.2, -0.15) is 4.37 Å². The monoisotopic (exact) mass is 265 g/mol. The maximum Gasteiger partial charge on any atom is 0.170 e. The molecule has 0 amide bonds. The van der Waals surface area contributed by atoms with Crippen LogP contribution < -0.4 is 5.32 Å². The zero-order valence-corrected chi connectivity index (χ0v) is 11.5. The van der Waals surface area contributed by atoms with E-state index in [0.717, 1.165) is 4.34 Å². The second kappa shape index (κ2) is 6.14. The minimum Gasteiger partial charge on any atom is -0.312 e. The predicted molar refractivity (Wildman–Crippen MR) is 73.5 cm³/mol. The highest BCUT2D eigenvalue weighted by Gasteiger charge is 2.19. The van der Waals surface area contributed by atoms with Crippen LogP contribution in [-0.2, 0) is 0 Å². The second-order valence-corrected chi connectivity index (χ2v) is 6.11. The maximum absolute atomic E-state index is 4.21. The molecule has 2 atom stereocenters. The average Bonchev–Trinajstić information content (AvgIpc) is 2.84. The number of nitrogens with zero attached hydrogens (tertiary/aromatic N) is 2. The van der Waals surface area contributed by atoms with Crippen molar-refractivity contribution in [2.75, 3.05) is 7.05 Å². The lowest BCUT2D eigenvalue weighted by Gasteiger charge is -2.22. The van der Waals surface area contributed by atoms with E-state index in [-0.39, 0.29) is 0 Å². The normalized spacial score (nSPS) is 14.5. The Morgan fingerprint density at radius 3 is 2.65 bits per heavy atom. The Bertz CT molecular complexity index is 430. The van der Waals surface area contributed by atoms with Gasteiger partial charge < -0.3 is 5.32 Å². The number of benzene rings is 1. The SMILES string of the molecule is CNC(c1ccccc1)C(C)Sc1ncns1. The lowest BCUT2D eigenvalue weighted by Crippen LogP contribution is -2.25. The largest absolute Gasteiger partial charge is 0.312 e. The number of thioether (sulfide) groups is 1. The molecular weight excluding hydrogens is 250 g/mol. The summed E-state index contributed by atoms with van der Waals surface area (Å²) in [6.45, 7) is 2.21. The third kappa shape index (κ3) is 3.28. The molecule has 1 aromatic heterocycles. The number of rotatable bonds is 5. The number of aromatic nitrogens is 2. The molecule has 0 bridgehead atoms. The Hall–Kier alpha value is -0.910. The molecule has 0 radical (unpaired) electrons. The molecule has 0 aliphatic rings. The fourth-order valence-electron chi connectivity index (χ4n) is 1.77. The molecule has 1 aromatic carbocycles. The molecule has 0 saturated carbocycles. The van der Waals surface area contributed by atoms with Crippen molar-refractivity contribution >= 4 is 23.3 Å². The molecule has 2 aromatic rings. The van der Waals surface area contributed by atoms with Crippen molar-refractivity contribution in [2.45, 2.75) is 22.6 Å². The Labute approximate surface area is 110 Å². The van der Waals surface area contributed by atoms with Crippen LogP contribution in [0.4, 0.5) is 0 Å². The van der Waals surface area contributed by atoms with Gasteiger partial charge in [0.25, 0.3) is 0 Å². The molecule has 90 valence electrons. The Balaban J connectivity index is 2.08. The molecule has 0 aliphatic heterocycles. The highest BCUT2D eigenvalue weighted by molar-refractivity contribution is 8.01. The van der Waals surface area contributed by atoms with Gasteiger partial charge in [-0.15, -0.1) is 0 Å². The topological polar surface area (TPSA) is 37.8 Å². The summed E-state index contributed by atoms with van der Waals surface area (Å²) < 4.78 is 5.04. The molecule has 2 rings (SSSR count). The van der Waals surface area contributed by atoms with Crippen molar-refractivity contribution in [1.82, 2.24) is 14.7 Å². The molecule has 0 aliphatic carbocycles. The fraction of sp³-hybridized carbons (Fsp3) is 0.333. The minimum atomic E-state index is 0.324. The van der Waals surface area contributed by atoms with E-state index < -0.39 is 0 Å². The van der Waals surface area contributed by atoms with Gasteiger partial charge in [-0.25, -0.2) is 4.98 Å². The summed E-state index contributed by atoms with van der Waals surface area (Å²) in [6.07, 6.45) is 1.61. The molecule has 1 heterocycles. The highest BCUT2D eigenvalue weighted by Crippen LogP contribution is 2.31. The van der Waals surface area contributed by atoms with Crippen molar-refractivity contribution in [3.8, 4) is 0 Å². The molecule has 2 unspecified atom stereocenters. The average molecular weight is 265 g/mol. The van der Waals surface area contributed by atoms with Crippen LogP contribution in [0.5, 0.6) is 0 Å². The van der Waals surface area contributed by atoms with E-state index in [2.05, 4.69) is 45.9 Å². The molecule has 17 heavy (non-hydrogen) atoms. The van der Waals surface area contributed by atoms with Crippen molar-refractivity contribution in [2.24, 2.45) is 0 Å². The quantitative estimate of drug-likeness (QED) is 0.843. The summed E-state index contributed by atoms with van der Waals surface area (Å²) in [5.41, 5.74) is 1.31. The van der Waals surface area contributed by atoms with Crippen LogP contribution in [0.25, 0.3) is 0 Å². The summed E-state index contributed by atoms with van der Waals surface area (Å²) in [7, 11) is 1.99. The van der Waals surface area contributed by atoms with E-state index in [9.17, 15) is 0 Å². The first kappa shape index (κ1) is 12.5. The summed E-state index contributed by atoms with van der Waals surface area (Å²) in [5.74, 6) is 0. The molecule has 1 N–H and O–H groups in total. The Morgan fingerprint density at radius 2 is 2.06 bits per heavy atom. The van der Waals surface area contributed by atoms with Crippen LogP contribution in [-0.4, -0.2) is 21.7 Å². The zero-order chi connectivity index (χ0) is 12.1. The summed E-state index contributed by atoms with van der Waals surface area (Å²) >= 11 is 3.21. The number of hydrogen-bond acceptors (Lipinski definition) is 5. The van der Waals surface area contributed by atoms with Crippen LogP contribution in [0.1, 0.15) is 18.5 Å². The smallest absolute Gasteiger partial charge is 0.170 e. The van der Waals surface area contributed by atoms with Crippen LogP contribution in [0.3, 0.4) is 0 Å². The third-order valence-electron chi connectivity index (χ3n) is 2.57. The Morgan fingerprint density at radius 1 is 1.29 bits per heavy atom. The molecular formula is C12H15N3S2. The number of hydrogen-bond donors (Lipinski definition) is 1. The van der Waals surface area contributed by atoms with Crippen molar-refractivity contribution in [1.29, 1.82) is 0 Å². The minimum absolute atomic E-state index is 0.324. The van der Waals surface area contributed by atoms with Crippen LogP contribution in [0, 0.1) is 0 Å². The summed E-state index contributed by atoms with van der Waals surface area (Å²) in [6, 6.07) is 10.8. The van der Waals surface area contributed by atoms with E-state index in [1.807, 2.05) is 13.1 Å². The first-order chi connectivity index (χ1) is 8.31. The number of nitrogens with one attached hydrogen (secondary N) is 1. The maximum atomic E-state index is 4.21. The molecule has 3 nitrogen and oxygen atoms in total. The van der Waals surface area contributed by atoms with E-state index >= 15 is 0 Å². The van der Waals surface area contributed by atoms with Gasteiger partial charge in [-0.3, -0.25) is 0 Å². The van der Waals surface area contributed by atoms with Gasteiger partial charge in [0.15, 0.2) is 4.34 Å². The molecule has 0 spiro atoms. The van der Waals surface area contributed by atoms with Crippen molar-refractivity contribution < 1.29 is 0 Å². The third-order valence-corrected chi connectivity index (χ3v) is 4.49. The zero-order valence-electron chi connectivity index (χ0n) is 9.83. The van der Waals surface area contributed by atoms with E-state index in [1.54, 1.807) is 18.1 Å². The fourth-order valence-corrected chi connectivity index (χ4v) is 3.67. The van der Waals surface area contributed by atoms with Gasteiger partial charge in [-0.1, -0.05) is 49.0 Å². The van der Waals surface area contributed by atoms with E-state index in [4.69, 9.17) is 0 Å². The molecule has 0 saturated heterocycles. The summed E-state index contributed by atoms with van der Waals surface area (Å²) in [4.78, 5) is 4.21. The molecule has 0 fully saturated rings. The van der Waals surface area contributed by atoms with Gasteiger partial charge >= 0.3 is 0 Å². The van der Waals surface area contributed by atoms with E-state index in [1.165, 1.54) is 17.1 Å². The van der Waals surface area contributed by atoms with Crippen LogP contribution in [0.15, 0.2) is 41.0 Å². The predicted octanol–water partition coefficient (Wildman–Crippen LogP) is 2.98. The van der Waals surface area contributed by atoms with Gasteiger partial charge in [0.1, 0.15) is 6.33 Å². The van der Waals surface area contributed by atoms with Crippen LogP contribution >= 0.6 is 23.3 Å². The molecule has 5 heteroatoms. The van der Waals surface area contributed by atoms with Crippen LogP contribution in [0.2, 0.25) is 0 Å². The first-order valence-electron chi connectivity index (χ1n) is 5.47. The van der Waals surface area contributed by atoms with Crippen molar-refractivity contribution in [3.05, 3.63) is 42.2 Å². The lowest BCUT2D eigenvalue weighted by atomic mass is 10.0. The second-order valence-electron chi connectivity index (χ2n) is 3.71. The van der Waals surface area contributed by atoms with Gasteiger partial charge in [0.2, 0.25) is 0 Å². The highest BCUT2D eigenvalue weighted by atomic mass is 32.2. The van der Waals surface area contributed by atoms with Crippen molar-refractivity contribution in [3.63, 3.8) is 0 Å². The van der Waals surface area contributed by atoms with Gasteiger partial charge in [0, 0.05) is 11.3 Å². The van der Waals surface area contributed by atoms with Gasteiger partial charge in [-0.05, 0) is 24.1 Å². The summed E-state index contributed by atoms with van der Waals surface area (Å²) in [5, 5.41) is 3.78. The standard InChI is InChI=1S/C12H15N3S2/c1-9(16-12-14-8-15-17-12)11(13-2)10-6-4-3-5-7-10/h3-9,11,13H,1-2H3. The lowest BCUT2D eigenvalue weighted by molar-refractivity contribution is 0.589.